The third-order valence-electron chi connectivity index (χ3n) is 0.656. The molecule has 58 valence electrons. The van der Waals surface area contributed by atoms with Gasteiger partial charge in [-0.15, -0.1) is 0 Å². The maximum Gasteiger partial charge on any atom is 0.333 e. The third-order valence-corrected chi connectivity index (χ3v) is 1.19. The number of rotatable bonds is 4. The summed E-state index contributed by atoms with van der Waals surface area (Å²) in [5.41, 5.74) is 0. The van der Waals surface area contributed by atoms with Crippen LogP contribution in [0, 0.1) is 0 Å². The molecule has 0 spiro atoms. The topological polar surface area (TPSA) is 66.4 Å². The number of allylic oxidation sites excluding steroid dienone is 2. The molecule has 0 heterocycles. The van der Waals surface area contributed by atoms with Crippen LogP contribution in [0.25, 0.3) is 0 Å². The normalized spacial score (nSPS) is 12.1. The van der Waals surface area contributed by atoms with Gasteiger partial charge in [-0.2, -0.15) is 13.1 Å². The van der Waals surface area contributed by atoms with E-state index in [1.807, 2.05) is 4.72 Å². The van der Waals surface area contributed by atoms with E-state index in [0.717, 1.165) is 0 Å². The first-order valence-corrected chi connectivity index (χ1v) is 4.00. The van der Waals surface area contributed by atoms with Gasteiger partial charge in [-0.3, -0.25) is 4.55 Å². The van der Waals surface area contributed by atoms with Crippen LogP contribution in [-0.4, -0.2) is 19.5 Å². The Morgan fingerprint density at radius 2 is 2.20 bits per heavy atom. The highest BCUT2D eigenvalue weighted by atomic mass is 32.2. The van der Waals surface area contributed by atoms with Crippen LogP contribution >= 0.6 is 0 Å². The van der Waals surface area contributed by atoms with Crippen molar-refractivity contribution in [2.24, 2.45) is 0 Å². The zero-order chi connectivity index (χ0) is 8.04. The lowest BCUT2D eigenvalue weighted by Gasteiger charge is -1.92. The van der Waals surface area contributed by atoms with Gasteiger partial charge >= 0.3 is 10.3 Å². The second-order valence-electron chi connectivity index (χ2n) is 1.49. The summed E-state index contributed by atoms with van der Waals surface area (Å²) in [6, 6.07) is 0. The van der Waals surface area contributed by atoms with Gasteiger partial charge in [0.2, 0.25) is 0 Å². The minimum Gasteiger partial charge on any atom is -0.273 e. The van der Waals surface area contributed by atoms with Gasteiger partial charge in [0, 0.05) is 6.54 Å². The van der Waals surface area contributed by atoms with Gasteiger partial charge in [0.1, 0.15) is 0 Å². The van der Waals surface area contributed by atoms with Crippen LogP contribution in [0.5, 0.6) is 0 Å². The molecule has 0 unspecified atom stereocenters. The van der Waals surface area contributed by atoms with Crippen molar-refractivity contribution >= 4 is 10.3 Å². The predicted octanol–water partition coefficient (Wildman–Crippen LogP) is 0.121. The van der Waals surface area contributed by atoms with E-state index in [2.05, 4.69) is 6.58 Å². The number of hydrogen-bond acceptors (Lipinski definition) is 2. The number of hydrogen-bond donors (Lipinski definition) is 2. The summed E-state index contributed by atoms with van der Waals surface area (Å²) >= 11 is 0. The van der Waals surface area contributed by atoms with E-state index in [1.54, 1.807) is 6.08 Å². The molecule has 0 fully saturated rings. The zero-order valence-corrected chi connectivity index (χ0v) is 6.13. The summed E-state index contributed by atoms with van der Waals surface area (Å²) in [6.07, 6.45) is 4.59. The Morgan fingerprint density at radius 3 is 2.60 bits per heavy atom. The molecule has 0 aromatic heterocycles. The molecule has 0 radical (unpaired) electrons. The molecule has 0 rings (SSSR count). The van der Waals surface area contributed by atoms with Gasteiger partial charge in [0.15, 0.2) is 0 Å². The first kappa shape index (κ1) is 9.35. The van der Waals surface area contributed by atoms with Crippen LogP contribution < -0.4 is 4.72 Å². The van der Waals surface area contributed by atoms with Crippen LogP contribution in [0.4, 0.5) is 0 Å². The quantitative estimate of drug-likeness (QED) is 0.457. The van der Waals surface area contributed by atoms with Crippen molar-refractivity contribution in [1.82, 2.24) is 4.72 Å². The fraction of sp³-hybridized carbons (Fsp3) is 0.200. The minimum atomic E-state index is -4.04. The van der Waals surface area contributed by atoms with Crippen molar-refractivity contribution in [2.75, 3.05) is 6.54 Å². The Hall–Kier alpha value is -0.650. The van der Waals surface area contributed by atoms with Crippen LogP contribution in [0.3, 0.4) is 0 Å². The van der Waals surface area contributed by atoms with Crippen molar-refractivity contribution in [3.05, 3.63) is 24.8 Å². The highest BCUT2D eigenvalue weighted by Gasteiger charge is 1.96. The van der Waals surface area contributed by atoms with Crippen LogP contribution in [0.1, 0.15) is 0 Å². The van der Waals surface area contributed by atoms with E-state index in [0.29, 0.717) is 0 Å². The molecule has 0 aliphatic rings. The fourth-order valence-electron chi connectivity index (χ4n) is 0.318. The molecular weight excluding hydrogens is 154 g/mol. The predicted molar refractivity (Wildman–Crippen MR) is 38.9 cm³/mol. The first-order chi connectivity index (χ1) is 4.56. The van der Waals surface area contributed by atoms with Crippen LogP contribution in [0.2, 0.25) is 0 Å². The van der Waals surface area contributed by atoms with E-state index < -0.39 is 10.3 Å². The minimum absolute atomic E-state index is 0.0743. The first-order valence-electron chi connectivity index (χ1n) is 2.56. The van der Waals surface area contributed by atoms with E-state index in [4.69, 9.17) is 4.55 Å². The van der Waals surface area contributed by atoms with Crippen molar-refractivity contribution in [3.63, 3.8) is 0 Å². The molecule has 0 bridgehead atoms. The summed E-state index contributed by atoms with van der Waals surface area (Å²) < 4.78 is 29.9. The molecule has 0 aliphatic carbocycles. The summed E-state index contributed by atoms with van der Waals surface area (Å²) in [6.45, 7) is 3.44. The molecule has 0 aromatic carbocycles. The Morgan fingerprint density at radius 1 is 1.60 bits per heavy atom. The second kappa shape index (κ2) is 4.21. The molecule has 2 N–H and O–H groups in total. The fourth-order valence-corrected chi connectivity index (χ4v) is 0.625. The van der Waals surface area contributed by atoms with Gasteiger partial charge < -0.3 is 0 Å². The standard InChI is InChI=1S/C5H9NO3S/c1-2-3-4-5-6-10(7,8)9/h2-4,6H,1,5H2,(H,7,8,9). The van der Waals surface area contributed by atoms with E-state index in [-0.39, 0.29) is 6.54 Å². The second-order valence-corrected chi connectivity index (χ2v) is 2.73. The van der Waals surface area contributed by atoms with Crippen LogP contribution in [-0.2, 0) is 10.3 Å². The average Bonchev–Trinajstić information content (AvgIpc) is 1.78. The zero-order valence-electron chi connectivity index (χ0n) is 5.32. The van der Waals surface area contributed by atoms with Gasteiger partial charge in [-0.25, -0.2) is 0 Å². The molecule has 0 atom stereocenters. The summed E-state index contributed by atoms with van der Waals surface area (Å²) in [5.74, 6) is 0. The van der Waals surface area contributed by atoms with Gasteiger partial charge in [-0.05, 0) is 0 Å². The monoisotopic (exact) mass is 163 g/mol. The molecule has 0 saturated heterocycles. The van der Waals surface area contributed by atoms with E-state index in [9.17, 15) is 8.42 Å². The van der Waals surface area contributed by atoms with Crippen molar-refractivity contribution in [3.8, 4) is 0 Å². The lowest BCUT2D eigenvalue weighted by Crippen LogP contribution is -2.22. The van der Waals surface area contributed by atoms with Crippen molar-refractivity contribution in [2.45, 2.75) is 0 Å². The lowest BCUT2D eigenvalue weighted by molar-refractivity contribution is 0.471. The molecule has 0 aromatic rings. The Labute approximate surface area is 60.1 Å². The van der Waals surface area contributed by atoms with E-state index in [1.165, 1.54) is 12.2 Å². The summed E-state index contributed by atoms with van der Waals surface area (Å²) in [5, 5.41) is 0. The maximum atomic E-state index is 9.98. The number of nitrogens with one attached hydrogen (secondary N) is 1. The van der Waals surface area contributed by atoms with Crippen LogP contribution in [0.15, 0.2) is 24.8 Å². The van der Waals surface area contributed by atoms with Crippen molar-refractivity contribution in [1.29, 1.82) is 0 Å². The van der Waals surface area contributed by atoms with Gasteiger partial charge in [0.05, 0.1) is 0 Å². The Balaban J connectivity index is 3.57. The van der Waals surface area contributed by atoms with E-state index >= 15 is 0 Å². The highest BCUT2D eigenvalue weighted by molar-refractivity contribution is 7.83. The third kappa shape index (κ3) is 7.35. The Bertz CT molecular complexity index is 217. The van der Waals surface area contributed by atoms with Crippen molar-refractivity contribution < 1.29 is 13.0 Å². The highest BCUT2D eigenvalue weighted by Crippen LogP contribution is 1.74. The molecule has 10 heavy (non-hydrogen) atoms. The molecule has 0 amide bonds. The molecule has 4 nitrogen and oxygen atoms in total. The van der Waals surface area contributed by atoms with Gasteiger partial charge in [0.25, 0.3) is 0 Å². The lowest BCUT2D eigenvalue weighted by atomic mass is 10.5. The Kier molecular flexibility index (Phi) is 3.94. The summed E-state index contributed by atoms with van der Waals surface area (Å²) in [7, 11) is -4.04. The SMILES string of the molecule is C=CC=CCNS(=O)(=O)O. The van der Waals surface area contributed by atoms with Gasteiger partial charge in [-0.1, -0.05) is 24.8 Å². The molecule has 0 saturated carbocycles. The smallest absolute Gasteiger partial charge is 0.273 e. The molecule has 0 aliphatic heterocycles. The maximum absolute atomic E-state index is 9.98. The average molecular weight is 163 g/mol. The molecular formula is C5H9NO3S. The molecule has 5 heteroatoms. The largest absolute Gasteiger partial charge is 0.333 e. The summed E-state index contributed by atoms with van der Waals surface area (Å²) in [4.78, 5) is 0.